The van der Waals surface area contributed by atoms with Gasteiger partial charge in [0.2, 0.25) is 0 Å². The van der Waals surface area contributed by atoms with Crippen molar-refractivity contribution >= 4 is 16.5 Å². The summed E-state index contributed by atoms with van der Waals surface area (Å²) < 4.78 is 0. The monoisotopic (exact) mass is 245 g/mol. The Labute approximate surface area is 105 Å². The second kappa shape index (κ2) is 4.13. The molecule has 0 aliphatic carbocycles. The van der Waals surface area contributed by atoms with E-state index in [2.05, 4.69) is 35.0 Å². The van der Waals surface area contributed by atoms with Crippen LogP contribution in [0.25, 0.3) is 0 Å². The number of anilines is 1. The molecule has 17 heavy (non-hydrogen) atoms. The maximum Gasteiger partial charge on any atom is 0.180 e. The van der Waals surface area contributed by atoms with Gasteiger partial charge in [-0.2, -0.15) is 0 Å². The van der Waals surface area contributed by atoms with Crippen molar-refractivity contribution in [3.8, 4) is 0 Å². The van der Waals surface area contributed by atoms with Crippen LogP contribution in [0.5, 0.6) is 0 Å². The summed E-state index contributed by atoms with van der Waals surface area (Å²) in [7, 11) is 0. The molecule has 3 rings (SSSR count). The first-order valence-electron chi connectivity index (χ1n) is 5.71. The van der Waals surface area contributed by atoms with Crippen LogP contribution in [-0.4, -0.2) is 9.88 Å². The highest BCUT2D eigenvalue weighted by atomic mass is 32.1. The van der Waals surface area contributed by atoms with Gasteiger partial charge in [-0.1, -0.05) is 23.8 Å². The van der Waals surface area contributed by atoms with E-state index in [1.54, 1.807) is 11.3 Å². The van der Waals surface area contributed by atoms with Crippen molar-refractivity contribution in [2.75, 3.05) is 5.73 Å². The van der Waals surface area contributed by atoms with Gasteiger partial charge in [-0.15, -0.1) is 11.3 Å². The molecule has 0 bridgehead atoms. The fraction of sp³-hybridized carbons (Fsp3) is 0.308. The van der Waals surface area contributed by atoms with Crippen LogP contribution < -0.4 is 5.73 Å². The lowest BCUT2D eigenvalue weighted by Crippen LogP contribution is -2.14. The summed E-state index contributed by atoms with van der Waals surface area (Å²) in [6.45, 7) is 5.16. The fourth-order valence-corrected chi connectivity index (χ4v) is 3.05. The summed E-state index contributed by atoms with van der Waals surface area (Å²) in [6, 6.07) is 6.72. The summed E-state index contributed by atoms with van der Waals surface area (Å²) in [4.78, 5) is 7.76. The van der Waals surface area contributed by atoms with E-state index < -0.39 is 0 Å². The standard InChI is InChI=1S/C13H15N3S/c1-9-2-3-10-6-16(7-11(10)4-9)8-12-5-15-13(14)17-12/h2-5H,6-8H2,1H3,(H2,14,15). The Balaban J connectivity index is 1.74. The van der Waals surface area contributed by atoms with E-state index >= 15 is 0 Å². The molecular formula is C13H15N3S. The number of nitrogens with two attached hydrogens (primary N) is 1. The lowest BCUT2D eigenvalue weighted by atomic mass is 10.1. The van der Waals surface area contributed by atoms with Gasteiger partial charge in [0.1, 0.15) is 0 Å². The highest BCUT2D eigenvalue weighted by Crippen LogP contribution is 2.26. The Bertz CT molecular complexity index is 545. The van der Waals surface area contributed by atoms with Crippen LogP contribution in [0, 0.1) is 6.92 Å². The Morgan fingerprint density at radius 3 is 2.94 bits per heavy atom. The Kier molecular flexibility index (Phi) is 2.61. The van der Waals surface area contributed by atoms with E-state index in [1.807, 2.05) is 6.20 Å². The number of aryl methyl sites for hydroxylation is 1. The van der Waals surface area contributed by atoms with Gasteiger partial charge in [-0.05, 0) is 18.1 Å². The van der Waals surface area contributed by atoms with Crippen LogP contribution >= 0.6 is 11.3 Å². The highest BCUT2D eigenvalue weighted by molar-refractivity contribution is 7.15. The predicted molar refractivity (Wildman–Crippen MR) is 70.7 cm³/mol. The van der Waals surface area contributed by atoms with E-state index in [-0.39, 0.29) is 0 Å². The molecule has 3 nitrogen and oxygen atoms in total. The minimum Gasteiger partial charge on any atom is -0.375 e. The molecule has 2 aromatic rings. The van der Waals surface area contributed by atoms with Crippen molar-refractivity contribution < 1.29 is 0 Å². The zero-order chi connectivity index (χ0) is 11.8. The summed E-state index contributed by atoms with van der Waals surface area (Å²) in [5.74, 6) is 0. The molecule has 0 atom stereocenters. The average molecular weight is 245 g/mol. The van der Waals surface area contributed by atoms with Gasteiger partial charge in [0.05, 0.1) is 0 Å². The molecule has 2 heterocycles. The van der Waals surface area contributed by atoms with Crippen molar-refractivity contribution in [2.24, 2.45) is 0 Å². The van der Waals surface area contributed by atoms with Crippen molar-refractivity contribution in [3.05, 3.63) is 46.0 Å². The zero-order valence-electron chi connectivity index (χ0n) is 9.81. The Hall–Kier alpha value is -1.39. The third-order valence-electron chi connectivity index (χ3n) is 3.10. The van der Waals surface area contributed by atoms with E-state index in [0.29, 0.717) is 5.13 Å². The van der Waals surface area contributed by atoms with E-state index in [1.165, 1.54) is 21.6 Å². The molecular weight excluding hydrogens is 230 g/mol. The van der Waals surface area contributed by atoms with Gasteiger partial charge in [0.25, 0.3) is 0 Å². The largest absolute Gasteiger partial charge is 0.375 e. The van der Waals surface area contributed by atoms with E-state index in [9.17, 15) is 0 Å². The Morgan fingerprint density at radius 1 is 1.35 bits per heavy atom. The summed E-state index contributed by atoms with van der Waals surface area (Å²) in [5, 5.41) is 0.660. The smallest absolute Gasteiger partial charge is 0.180 e. The number of nitrogen functional groups attached to an aromatic ring is 1. The fourth-order valence-electron chi connectivity index (χ4n) is 2.32. The lowest BCUT2D eigenvalue weighted by molar-refractivity contribution is 0.278. The van der Waals surface area contributed by atoms with E-state index in [4.69, 9.17) is 5.73 Å². The van der Waals surface area contributed by atoms with Gasteiger partial charge in [-0.25, -0.2) is 4.98 Å². The highest BCUT2D eigenvalue weighted by Gasteiger charge is 2.19. The third-order valence-corrected chi connectivity index (χ3v) is 3.91. The normalized spacial score (nSPS) is 15.1. The SMILES string of the molecule is Cc1ccc2c(c1)CN(Cc1cnc(N)s1)C2. The molecule has 0 unspecified atom stereocenters. The van der Waals surface area contributed by atoms with Crippen LogP contribution in [0.3, 0.4) is 0 Å². The molecule has 1 aliphatic heterocycles. The first-order valence-corrected chi connectivity index (χ1v) is 6.53. The van der Waals surface area contributed by atoms with Gasteiger partial charge < -0.3 is 5.73 Å². The number of hydrogen-bond acceptors (Lipinski definition) is 4. The minimum atomic E-state index is 0.660. The van der Waals surface area contributed by atoms with Crippen molar-refractivity contribution in [3.63, 3.8) is 0 Å². The quantitative estimate of drug-likeness (QED) is 0.884. The summed E-state index contributed by atoms with van der Waals surface area (Å²) >= 11 is 1.58. The summed E-state index contributed by atoms with van der Waals surface area (Å²) in [5.41, 5.74) is 9.90. The first-order chi connectivity index (χ1) is 8.20. The number of hydrogen-bond donors (Lipinski definition) is 1. The lowest BCUT2D eigenvalue weighted by Gasteiger charge is -2.12. The molecule has 1 aliphatic rings. The molecule has 0 fully saturated rings. The van der Waals surface area contributed by atoms with Gasteiger partial charge in [-0.3, -0.25) is 4.90 Å². The predicted octanol–water partition coefficient (Wildman–Crippen LogP) is 2.55. The van der Waals surface area contributed by atoms with Gasteiger partial charge in [0, 0.05) is 30.7 Å². The second-order valence-corrected chi connectivity index (χ2v) is 5.73. The van der Waals surface area contributed by atoms with Gasteiger partial charge in [0.15, 0.2) is 5.13 Å². The molecule has 0 saturated carbocycles. The Morgan fingerprint density at radius 2 is 2.18 bits per heavy atom. The summed E-state index contributed by atoms with van der Waals surface area (Å²) in [6.07, 6.45) is 1.88. The molecule has 4 heteroatoms. The van der Waals surface area contributed by atoms with Crippen LogP contribution in [0.1, 0.15) is 21.6 Å². The zero-order valence-corrected chi connectivity index (χ0v) is 10.6. The van der Waals surface area contributed by atoms with Crippen LogP contribution in [-0.2, 0) is 19.6 Å². The molecule has 1 aromatic heterocycles. The third kappa shape index (κ3) is 2.18. The van der Waals surface area contributed by atoms with Crippen LogP contribution in [0.15, 0.2) is 24.4 Å². The maximum atomic E-state index is 5.65. The van der Waals surface area contributed by atoms with E-state index in [0.717, 1.165) is 19.6 Å². The number of rotatable bonds is 2. The molecule has 0 radical (unpaired) electrons. The second-order valence-electron chi connectivity index (χ2n) is 4.58. The molecule has 0 amide bonds. The number of nitrogens with zero attached hydrogens (tertiary/aromatic N) is 2. The molecule has 2 N–H and O–H groups in total. The van der Waals surface area contributed by atoms with Crippen molar-refractivity contribution in [1.82, 2.24) is 9.88 Å². The topological polar surface area (TPSA) is 42.2 Å². The van der Waals surface area contributed by atoms with Crippen LogP contribution in [0.2, 0.25) is 0 Å². The van der Waals surface area contributed by atoms with Crippen molar-refractivity contribution in [2.45, 2.75) is 26.6 Å². The number of fused-ring (bicyclic) bond motifs is 1. The molecule has 88 valence electrons. The number of aromatic nitrogens is 1. The number of benzene rings is 1. The molecule has 0 spiro atoms. The van der Waals surface area contributed by atoms with Crippen molar-refractivity contribution in [1.29, 1.82) is 0 Å². The maximum absolute atomic E-state index is 5.65. The van der Waals surface area contributed by atoms with Gasteiger partial charge >= 0.3 is 0 Å². The number of thiazole rings is 1. The average Bonchev–Trinajstić information content (AvgIpc) is 2.84. The molecule has 0 saturated heterocycles. The van der Waals surface area contributed by atoms with Crippen LogP contribution in [0.4, 0.5) is 5.13 Å². The minimum absolute atomic E-state index is 0.660. The molecule has 1 aromatic carbocycles. The first kappa shape index (κ1) is 10.7.